The molecular weight excluding hydrogens is 367 g/mol. The van der Waals surface area contributed by atoms with Gasteiger partial charge in [0.15, 0.2) is 0 Å². The van der Waals surface area contributed by atoms with Gasteiger partial charge >= 0.3 is 0 Å². The van der Waals surface area contributed by atoms with E-state index in [4.69, 9.17) is 5.73 Å². The number of β-amino-alcohol motifs (C(OH)–C–C–N with tert-alkyl or cyclic N) is 1. The Hall–Kier alpha value is -1.80. The first kappa shape index (κ1) is 19.9. The Morgan fingerprint density at radius 1 is 1.26 bits per heavy atom. The molecule has 1 heterocycles. The lowest BCUT2D eigenvalue weighted by molar-refractivity contribution is 0.116. The second kappa shape index (κ2) is 8.06. The highest BCUT2D eigenvalue weighted by Crippen LogP contribution is 2.29. The van der Waals surface area contributed by atoms with E-state index in [1.807, 2.05) is 37.3 Å². The van der Waals surface area contributed by atoms with Crippen LogP contribution in [0.2, 0.25) is 0 Å². The molecule has 0 amide bonds. The number of aliphatic hydroxyl groups excluding tert-OH is 1. The van der Waals surface area contributed by atoms with Gasteiger partial charge in [0.05, 0.1) is 11.0 Å². The number of hydrogen-bond acceptors (Lipinski definition) is 4. The van der Waals surface area contributed by atoms with E-state index in [0.29, 0.717) is 18.4 Å². The number of sulfonamides is 1. The predicted molar refractivity (Wildman–Crippen MR) is 102 cm³/mol. The van der Waals surface area contributed by atoms with E-state index in [2.05, 4.69) is 0 Å². The SMILES string of the molecule is C[C@@H]1Cc2cc(F)ccc2S(=O)(=O)N(C[C@@H](O)[C@@H](N)Cc2ccccc2)C1. The lowest BCUT2D eigenvalue weighted by Gasteiger charge is -2.27. The van der Waals surface area contributed by atoms with E-state index < -0.39 is 28.0 Å². The minimum Gasteiger partial charge on any atom is -0.390 e. The van der Waals surface area contributed by atoms with Crippen molar-refractivity contribution in [3.05, 3.63) is 65.5 Å². The average molecular weight is 392 g/mol. The average Bonchev–Trinajstić information content (AvgIpc) is 2.69. The molecule has 1 aliphatic rings. The normalized spacial score (nSPS) is 21.9. The summed E-state index contributed by atoms with van der Waals surface area (Å²) in [6.45, 7) is 2.09. The fourth-order valence-corrected chi connectivity index (χ4v) is 5.31. The van der Waals surface area contributed by atoms with Gasteiger partial charge in [0.2, 0.25) is 10.0 Å². The maximum atomic E-state index is 13.6. The first-order valence-corrected chi connectivity index (χ1v) is 10.5. The van der Waals surface area contributed by atoms with Gasteiger partial charge in [-0.25, -0.2) is 12.8 Å². The van der Waals surface area contributed by atoms with Crippen molar-refractivity contribution < 1.29 is 17.9 Å². The molecule has 0 aromatic heterocycles. The van der Waals surface area contributed by atoms with E-state index >= 15 is 0 Å². The molecule has 2 aromatic carbocycles. The van der Waals surface area contributed by atoms with E-state index in [9.17, 15) is 17.9 Å². The van der Waals surface area contributed by atoms with Crippen molar-refractivity contribution in [2.45, 2.75) is 36.8 Å². The molecule has 3 atom stereocenters. The molecule has 0 fully saturated rings. The molecule has 3 N–H and O–H groups in total. The highest BCUT2D eigenvalue weighted by molar-refractivity contribution is 7.89. The molecule has 0 unspecified atom stereocenters. The Morgan fingerprint density at radius 2 is 1.96 bits per heavy atom. The molecule has 0 aliphatic carbocycles. The number of rotatable bonds is 5. The summed E-state index contributed by atoms with van der Waals surface area (Å²) in [5.74, 6) is -0.449. The monoisotopic (exact) mass is 392 g/mol. The van der Waals surface area contributed by atoms with Gasteiger partial charge in [0.25, 0.3) is 0 Å². The first-order chi connectivity index (χ1) is 12.8. The lowest BCUT2D eigenvalue weighted by atomic mass is 10.00. The lowest BCUT2D eigenvalue weighted by Crippen LogP contribution is -2.47. The second-order valence-electron chi connectivity index (χ2n) is 7.30. The van der Waals surface area contributed by atoms with Gasteiger partial charge in [0, 0.05) is 19.1 Å². The number of aliphatic hydroxyl groups is 1. The smallest absolute Gasteiger partial charge is 0.243 e. The molecular formula is C20H25FN2O3S. The third kappa shape index (κ3) is 4.55. The zero-order chi connectivity index (χ0) is 19.6. The van der Waals surface area contributed by atoms with Crippen LogP contribution in [-0.2, 0) is 22.9 Å². The number of hydrogen-bond donors (Lipinski definition) is 2. The topological polar surface area (TPSA) is 83.6 Å². The maximum absolute atomic E-state index is 13.6. The Bertz CT molecular complexity index is 889. The number of nitrogens with zero attached hydrogens (tertiary/aromatic N) is 1. The summed E-state index contributed by atoms with van der Waals surface area (Å²) in [5.41, 5.74) is 7.59. The standard InChI is InChI=1S/C20H25FN2O3S/c1-14-9-16-11-17(21)7-8-20(16)27(25,26)23(12-14)13-19(24)18(22)10-15-5-3-2-4-6-15/h2-8,11,14,18-19,24H,9-10,12-13,22H2,1H3/t14-,18+,19-/m1/s1. The molecule has 2 aromatic rings. The van der Waals surface area contributed by atoms with Gasteiger partial charge < -0.3 is 10.8 Å². The Labute approximate surface area is 159 Å². The van der Waals surface area contributed by atoms with Gasteiger partial charge in [-0.1, -0.05) is 37.3 Å². The van der Waals surface area contributed by atoms with Crippen LogP contribution in [0.5, 0.6) is 0 Å². The number of nitrogens with two attached hydrogens (primary N) is 1. The van der Waals surface area contributed by atoms with E-state index in [1.165, 1.54) is 16.4 Å². The van der Waals surface area contributed by atoms with E-state index in [1.54, 1.807) is 0 Å². The van der Waals surface area contributed by atoms with Gasteiger partial charge in [-0.2, -0.15) is 4.31 Å². The van der Waals surface area contributed by atoms with Crippen LogP contribution in [0.3, 0.4) is 0 Å². The molecule has 0 radical (unpaired) electrons. The van der Waals surface area contributed by atoms with Crippen LogP contribution < -0.4 is 5.73 Å². The Kier molecular flexibility index (Phi) is 5.95. The zero-order valence-corrected chi connectivity index (χ0v) is 16.1. The molecule has 5 nitrogen and oxygen atoms in total. The Balaban J connectivity index is 1.79. The molecule has 146 valence electrons. The molecule has 0 saturated carbocycles. The van der Waals surface area contributed by atoms with E-state index in [-0.39, 0.29) is 23.9 Å². The fraction of sp³-hybridized carbons (Fsp3) is 0.400. The first-order valence-electron chi connectivity index (χ1n) is 9.03. The van der Waals surface area contributed by atoms with Crippen LogP contribution in [0.4, 0.5) is 4.39 Å². The quantitative estimate of drug-likeness (QED) is 0.815. The summed E-state index contributed by atoms with van der Waals surface area (Å²) < 4.78 is 40.9. The predicted octanol–water partition coefficient (Wildman–Crippen LogP) is 1.94. The van der Waals surface area contributed by atoms with Crippen LogP contribution >= 0.6 is 0 Å². The second-order valence-corrected chi connectivity index (χ2v) is 9.21. The third-order valence-corrected chi connectivity index (χ3v) is 6.86. The summed E-state index contributed by atoms with van der Waals surface area (Å²) in [6, 6.07) is 12.7. The Morgan fingerprint density at radius 3 is 2.67 bits per heavy atom. The third-order valence-electron chi connectivity index (χ3n) is 4.92. The van der Waals surface area contributed by atoms with Gasteiger partial charge in [-0.05, 0) is 48.1 Å². The van der Waals surface area contributed by atoms with Crippen molar-refractivity contribution in [3.8, 4) is 0 Å². The largest absolute Gasteiger partial charge is 0.390 e. The van der Waals surface area contributed by atoms with Crippen LogP contribution in [0.15, 0.2) is 53.4 Å². The number of fused-ring (bicyclic) bond motifs is 1. The molecule has 1 aliphatic heterocycles. The molecule has 0 spiro atoms. The minimum atomic E-state index is -3.82. The minimum absolute atomic E-state index is 0.000345. The number of benzene rings is 2. The van der Waals surface area contributed by atoms with Crippen LogP contribution in [0.1, 0.15) is 18.1 Å². The summed E-state index contributed by atoms with van der Waals surface area (Å²) in [7, 11) is -3.82. The molecule has 7 heteroatoms. The van der Waals surface area contributed by atoms with Crippen molar-refractivity contribution in [1.82, 2.24) is 4.31 Å². The number of halogens is 1. The van der Waals surface area contributed by atoms with Crippen molar-refractivity contribution >= 4 is 10.0 Å². The van der Waals surface area contributed by atoms with Crippen LogP contribution in [0, 0.1) is 11.7 Å². The van der Waals surface area contributed by atoms with E-state index in [0.717, 1.165) is 11.6 Å². The maximum Gasteiger partial charge on any atom is 0.243 e. The summed E-state index contributed by atoms with van der Waals surface area (Å²) in [4.78, 5) is 0.108. The van der Waals surface area contributed by atoms with Crippen LogP contribution in [-0.4, -0.2) is 43.1 Å². The highest BCUT2D eigenvalue weighted by Gasteiger charge is 2.34. The van der Waals surface area contributed by atoms with Crippen molar-refractivity contribution in [3.63, 3.8) is 0 Å². The fourth-order valence-electron chi connectivity index (χ4n) is 3.52. The summed E-state index contributed by atoms with van der Waals surface area (Å²) in [6.07, 6.45) is -0.0865. The van der Waals surface area contributed by atoms with Gasteiger partial charge in [-0.3, -0.25) is 0 Å². The summed E-state index contributed by atoms with van der Waals surface area (Å²) in [5, 5.41) is 10.5. The summed E-state index contributed by atoms with van der Waals surface area (Å²) >= 11 is 0. The molecule has 3 rings (SSSR count). The molecule has 0 bridgehead atoms. The van der Waals surface area contributed by atoms with Gasteiger partial charge in [0.1, 0.15) is 5.82 Å². The highest BCUT2D eigenvalue weighted by atomic mass is 32.2. The molecule has 0 saturated heterocycles. The molecule has 27 heavy (non-hydrogen) atoms. The van der Waals surface area contributed by atoms with Crippen molar-refractivity contribution in [2.75, 3.05) is 13.1 Å². The van der Waals surface area contributed by atoms with Crippen LogP contribution in [0.25, 0.3) is 0 Å². The van der Waals surface area contributed by atoms with Crippen molar-refractivity contribution in [2.24, 2.45) is 11.7 Å². The zero-order valence-electron chi connectivity index (χ0n) is 15.3. The van der Waals surface area contributed by atoms with Gasteiger partial charge in [-0.15, -0.1) is 0 Å². The van der Waals surface area contributed by atoms with Crippen molar-refractivity contribution in [1.29, 1.82) is 0 Å².